The maximum atomic E-state index is 11.9. The van der Waals surface area contributed by atoms with Gasteiger partial charge in [-0.25, -0.2) is 0 Å². The summed E-state index contributed by atoms with van der Waals surface area (Å²) in [7, 11) is 4.75. The van der Waals surface area contributed by atoms with Gasteiger partial charge in [0.05, 0.1) is 31.3 Å². The van der Waals surface area contributed by atoms with E-state index >= 15 is 0 Å². The third-order valence-electron chi connectivity index (χ3n) is 3.72. The highest BCUT2D eigenvalue weighted by Crippen LogP contribution is 2.36. The Morgan fingerprint density at radius 1 is 1.21 bits per heavy atom. The summed E-state index contributed by atoms with van der Waals surface area (Å²) in [5.41, 5.74) is 9.20. The Morgan fingerprint density at radius 2 is 1.92 bits per heavy atom. The number of nitrogens with one attached hydrogen (secondary N) is 1. The van der Waals surface area contributed by atoms with Crippen molar-refractivity contribution in [3.8, 4) is 5.75 Å². The minimum Gasteiger partial charge on any atom is -0.495 e. The van der Waals surface area contributed by atoms with Crippen LogP contribution in [0.15, 0.2) is 42.5 Å². The number of rotatable bonds is 7. The van der Waals surface area contributed by atoms with Crippen LogP contribution in [0.1, 0.15) is 5.56 Å². The summed E-state index contributed by atoms with van der Waals surface area (Å²) in [6.07, 6.45) is 0. The summed E-state index contributed by atoms with van der Waals surface area (Å²) in [5.74, 6) is 0.280. The van der Waals surface area contributed by atoms with Crippen LogP contribution in [0.4, 0.5) is 17.1 Å². The summed E-state index contributed by atoms with van der Waals surface area (Å²) in [4.78, 5) is 13.8. The van der Waals surface area contributed by atoms with Gasteiger partial charge >= 0.3 is 5.97 Å². The molecule has 0 amide bonds. The number of nitrogens with zero attached hydrogens (tertiary/aromatic N) is 1. The fourth-order valence-electron chi connectivity index (χ4n) is 2.46. The average molecular weight is 329 g/mol. The third kappa shape index (κ3) is 4.10. The van der Waals surface area contributed by atoms with Crippen molar-refractivity contribution < 1.29 is 14.3 Å². The molecule has 0 radical (unpaired) electrons. The summed E-state index contributed by atoms with van der Waals surface area (Å²) in [6.45, 7) is 0.647. The van der Waals surface area contributed by atoms with E-state index < -0.39 is 0 Å². The van der Waals surface area contributed by atoms with Crippen molar-refractivity contribution in [2.24, 2.45) is 0 Å². The Morgan fingerprint density at radius 3 is 2.50 bits per heavy atom. The highest BCUT2D eigenvalue weighted by molar-refractivity contribution is 5.81. The van der Waals surface area contributed by atoms with Crippen molar-refractivity contribution in [1.29, 1.82) is 0 Å². The molecule has 0 bridgehead atoms. The van der Waals surface area contributed by atoms with Gasteiger partial charge < -0.3 is 25.4 Å². The normalized spacial score (nSPS) is 10.1. The Balaban J connectivity index is 2.43. The van der Waals surface area contributed by atoms with Crippen LogP contribution >= 0.6 is 0 Å². The minimum absolute atomic E-state index is 0.106. The van der Waals surface area contributed by atoms with Crippen LogP contribution in [0.25, 0.3) is 0 Å². The zero-order chi connectivity index (χ0) is 17.5. The molecule has 6 heteroatoms. The topological polar surface area (TPSA) is 76.8 Å². The van der Waals surface area contributed by atoms with Crippen molar-refractivity contribution >= 4 is 23.0 Å². The number of hydrogen-bond acceptors (Lipinski definition) is 6. The van der Waals surface area contributed by atoms with Gasteiger partial charge in [-0.2, -0.15) is 0 Å². The van der Waals surface area contributed by atoms with Crippen molar-refractivity contribution in [1.82, 2.24) is 0 Å². The van der Waals surface area contributed by atoms with Crippen LogP contribution in [0.2, 0.25) is 0 Å². The predicted molar refractivity (Wildman–Crippen MR) is 96.5 cm³/mol. The zero-order valence-corrected chi connectivity index (χ0v) is 14.2. The van der Waals surface area contributed by atoms with Crippen molar-refractivity contribution in [2.75, 3.05) is 43.8 Å². The fraction of sp³-hybridized carbons (Fsp3) is 0.278. The van der Waals surface area contributed by atoms with E-state index in [9.17, 15) is 4.79 Å². The van der Waals surface area contributed by atoms with Gasteiger partial charge in [0.15, 0.2) is 0 Å². The molecule has 0 aliphatic rings. The molecule has 0 heterocycles. The molecule has 6 nitrogen and oxygen atoms in total. The first kappa shape index (κ1) is 17.5. The smallest absolute Gasteiger partial charge is 0.325 e. The second-order valence-electron chi connectivity index (χ2n) is 5.28. The molecular weight excluding hydrogens is 306 g/mol. The molecule has 0 atom stereocenters. The van der Waals surface area contributed by atoms with Crippen LogP contribution < -0.4 is 20.7 Å². The van der Waals surface area contributed by atoms with Crippen LogP contribution in [-0.2, 0) is 16.1 Å². The summed E-state index contributed by atoms with van der Waals surface area (Å²) in [6, 6.07) is 13.5. The second kappa shape index (κ2) is 8.10. The Kier molecular flexibility index (Phi) is 5.89. The molecule has 0 aliphatic heterocycles. The number of benzene rings is 2. The Labute approximate surface area is 142 Å². The lowest BCUT2D eigenvalue weighted by Gasteiger charge is -2.26. The lowest BCUT2D eigenvalue weighted by Crippen LogP contribution is -2.30. The van der Waals surface area contributed by atoms with E-state index in [1.165, 1.54) is 7.11 Å². The monoisotopic (exact) mass is 329 g/mol. The van der Waals surface area contributed by atoms with Gasteiger partial charge in [0, 0.05) is 19.7 Å². The number of nitrogen functional groups attached to an aromatic ring is 1. The van der Waals surface area contributed by atoms with E-state index in [0.29, 0.717) is 18.0 Å². The predicted octanol–water partition coefficient (Wildman–Crippen LogP) is 2.50. The first-order chi connectivity index (χ1) is 11.6. The van der Waals surface area contributed by atoms with Gasteiger partial charge in [0.1, 0.15) is 12.3 Å². The molecule has 2 rings (SSSR count). The molecule has 128 valence electrons. The maximum absolute atomic E-state index is 11.9. The van der Waals surface area contributed by atoms with Crippen molar-refractivity contribution in [2.45, 2.75) is 6.54 Å². The van der Waals surface area contributed by atoms with Gasteiger partial charge in [0.25, 0.3) is 0 Å². The van der Waals surface area contributed by atoms with Crippen LogP contribution in [0.3, 0.4) is 0 Å². The largest absolute Gasteiger partial charge is 0.495 e. The van der Waals surface area contributed by atoms with E-state index in [2.05, 4.69) is 5.32 Å². The Bertz CT molecular complexity index is 689. The lowest BCUT2D eigenvalue weighted by atomic mass is 10.1. The molecule has 2 aromatic rings. The molecular formula is C18H23N3O3. The number of anilines is 3. The van der Waals surface area contributed by atoms with Gasteiger partial charge in [0.2, 0.25) is 0 Å². The van der Waals surface area contributed by atoms with Gasteiger partial charge in [-0.15, -0.1) is 0 Å². The standard InChI is InChI=1S/C18H23N3O3/c1-20-15-10-16(17(23-2)9-14(15)19)21(12-18(22)24-3)11-13-7-5-4-6-8-13/h4-10,20H,11-12,19H2,1-3H3. The zero-order valence-electron chi connectivity index (χ0n) is 14.2. The number of carbonyl (C=O) groups is 1. The first-order valence-electron chi connectivity index (χ1n) is 7.60. The van der Waals surface area contributed by atoms with E-state index in [4.69, 9.17) is 15.2 Å². The van der Waals surface area contributed by atoms with Gasteiger partial charge in [-0.1, -0.05) is 30.3 Å². The molecule has 2 aromatic carbocycles. The van der Waals surface area contributed by atoms with Crippen molar-refractivity contribution in [3.63, 3.8) is 0 Å². The van der Waals surface area contributed by atoms with Crippen LogP contribution in [0.5, 0.6) is 5.75 Å². The molecule has 0 spiro atoms. The van der Waals surface area contributed by atoms with Crippen molar-refractivity contribution in [3.05, 3.63) is 48.0 Å². The van der Waals surface area contributed by atoms with E-state index in [0.717, 1.165) is 16.9 Å². The summed E-state index contributed by atoms with van der Waals surface area (Å²) < 4.78 is 10.3. The maximum Gasteiger partial charge on any atom is 0.325 e. The summed E-state index contributed by atoms with van der Waals surface area (Å²) >= 11 is 0. The molecule has 24 heavy (non-hydrogen) atoms. The fourth-order valence-corrected chi connectivity index (χ4v) is 2.46. The minimum atomic E-state index is -0.323. The molecule has 0 unspecified atom stereocenters. The number of carbonyl (C=O) groups excluding carboxylic acids is 1. The molecule has 3 N–H and O–H groups in total. The number of nitrogens with two attached hydrogens (primary N) is 1. The quantitative estimate of drug-likeness (QED) is 0.600. The van der Waals surface area contributed by atoms with Gasteiger partial charge in [-0.05, 0) is 11.6 Å². The molecule has 0 fully saturated rings. The molecule has 0 aliphatic carbocycles. The number of methoxy groups -OCH3 is 2. The first-order valence-corrected chi connectivity index (χ1v) is 7.60. The Hall–Kier alpha value is -2.89. The lowest BCUT2D eigenvalue weighted by molar-refractivity contribution is -0.138. The van der Waals surface area contributed by atoms with Crippen LogP contribution in [-0.4, -0.2) is 33.8 Å². The van der Waals surface area contributed by atoms with E-state index in [-0.39, 0.29) is 12.5 Å². The highest BCUT2D eigenvalue weighted by Gasteiger charge is 2.18. The molecule has 0 aromatic heterocycles. The SMILES string of the molecule is CNc1cc(N(CC(=O)OC)Cc2ccccc2)c(OC)cc1N. The third-order valence-corrected chi connectivity index (χ3v) is 3.72. The number of hydrogen-bond donors (Lipinski definition) is 2. The molecule has 0 saturated carbocycles. The van der Waals surface area contributed by atoms with Crippen LogP contribution in [0, 0.1) is 0 Å². The molecule has 0 saturated heterocycles. The number of esters is 1. The second-order valence-corrected chi connectivity index (χ2v) is 5.28. The summed E-state index contributed by atoms with van der Waals surface area (Å²) in [5, 5.41) is 3.05. The average Bonchev–Trinajstić information content (AvgIpc) is 2.61. The number of ether oxygens (including phenoxy) is 2. The van der Waals surface area contributed by atoms with E-state index in [1.54, 1.807) is 20.2 Å². The highest BCUT2D eigenvalue weighted by atomic mass is 16.5. The van der Waals surface area contributed by atoms with Gasteiger partial charge in [-0.3, -0.25) is 4.79 Å². The van der Waals surface area contributed by atoms with E-state index in [1.807, 2.05) is 41.3 Å².